The van der Waals surface area contributed by atoms with E-state index < -0.39 is 0 Å². The number of anilines is 1. The van der Waals surface area contributed by atoms with E-state index in [0.29, 0.717) is 28.8 Å². The van der Waals surface area contributed by atoms with Crippen molar-refractivity contribution < 1.29 is 9.90 Å². The van der Waals surface area contributed by atoms with Gasteiger partial charge in [-0.2, -0.15) is 0 Å². The summed E-state index contributed by atoms with van der Waals surface area (Å²) in [5.41, 5.74) is 0.574. The Morgan fingerprint density at radius 3 is 2.48 bits per heavy atom. The van der Waals surface area contributed by atoms with Gasteiger partial charge in [-0.05, 0) is 18.2 Å². The molecule has 1 aromatic rings. The van der Waals surface area contributed by atoms with Gasteiger partial charge in [0, 0.05) is 37.7 Å². The molecule has 0 spiro atoms. The van der Waals surface area contributed by atoms with Gasteiger partial charge in [-0.25, -0.2) is 0 Å². The first-order chi connectivity index (χ1) is 10.1. The number of nitrogens with one attached hydrogen (secondary N) is 1. The Balaban J connectivity index is 1.80. The molecule has 1 saturated heterocycles. The quantitative estimate of drug-likeness (QED) is 0.859. The molecule has 0 saturated carbocycles. The van der Waals surface area contributed by atoms with Gasteiger partial charge in [0.2, 0.25) is 5.91 Å². The van der Waals surface area contributed by atoms with E-state index in [0.717, 1.165) is 26.2 Å². The first-order valence-corrected chi connectivity index (χ1v) is 7.64. The molecule has 1 aromatic carbocycles. The van der Waals surface area contributed by atoms with Gasteiger partial charge in [0.1, 0.15) is 0 Å². The average Bonchev–Trinajstić information content (AvgIpc) is 2.44. The molecule has 2 N–H and O–H groups in total. The molecule has 116 valence electrons. The Labute approximate surface area is 134 Å². The fourth-order valence-electron chi connectivity index (χ4n) is 2.30. The molecule has 1 aliphatic rings. The van der Waals surface area contributed by atoms with Crippen molar-refractivity contribution in [2.45, 2.75) is 0 Å². The SMILES string of the molecule is O=C(CN1CCN(CCO)CC1)Nc1ccc(Cl)cc1Cl. The van der Waals surface area contributed by atoms with Crippen LogP contribution in [-0.2, 0) is 4.79 Å². The Bertz CT molecular complexity index is 491. The van der Waals surface area contributed by atoms with Crippen LogP contribution in [0.2, 0.25) is 10.0 Å². The summed E-state index contributed by atoms with van der Waals surface area (Å²) in [6.45, 7) is 4.59. The first-order valence-electron chi connectivity index (χ1n) is 6.89. The van der Waals surface area contributed by atoms with Crippen molar-refractivity contribution in [3.63, 3.8) is 0 Å². The highest BCUT2D eigenvalue weighted by molar-refractivity contribution is 6.36. The lowest BCUT2D eigenvalue weighted by molar-refractivity contribution is -0.117. The van der Waals surface area contributed by atoms with Gasteiger partial charge < -0.3 is 10.4 Å². The lowest BCUT2D eigenvalue weighted by atomic mass is 10.3. The maximum absolute atomic E-state index is 12.0. The summed E-state index contributed by atoms with van der Waals surface area (Å²) in [5, 5.41) is 12.7. The molecule has 0 unspecified atom stereocenters. The zero-order chi connectivity index (χ0) is 15.2. The summed E-state index contributed by atoms with van der Waals surface area (Å²) in [6, 6.07) is 4.99. The Hall–Kier alpha value is -0.850. The first kappa shape index (κ1) is 16.5. The molecule has 0 bridgehead atoms. The fraction of sp³-hybridized carbons (Fsp3) is 0.500. The number of amides is 1. The monoisotopic (exact) mass is 331 g/mol. The topological polar surface area (TPSA) is 55.8 Å². The predicted molar refractivity (Wildman–Crippen MR) is 85.1 cm³/mol. The summed E-state index contributed by atoms with van der Waals surface area (Å²) < 4.78 is 0. The molecular formula is C14H19Cl2N3O2. The smallest absolute Gasteiger partial charge is 0.238 e. The van der Waals surface area contributed by atoms with Gasteiger partial charge in [-0.15, -0.1) is 0 Å². The number of β-amino-alcohol motifs (C(OH)–C–C–N with tert-alkyl or cyclic N) is 1. The van der Waals surface area contributed by atoms with Crippen molar-refractivity contribution in [1.29, 1.82) is 0 Å². The number of benzene rings is 1. The number of piperazine rings is 1. The largest absolute Gasteiger partial charge is 0.395 e. The second kappa shape index (κ2) is 7.96. The number of carbonyl (C=O) groups excluding carboxylic acids is 1. The standard InChI is InChI=1S/C14H19Cl2N3O2/c15-11-1-2-13(12(16)9-11)17-14(21)10-19-5-3-18(4-6-19)7-8-20/h1-2,9,20H,3-8,10H2,(H,17,21). The van der Waals surface area contributed by atoms with Gasteiger partial charge >= 0.3 is 0 Å². The van der Waals surface area contributed by atoms with Crippen molar-refractivity contribution in [3.05, 3.63) is 28.2 Å². The molecule has 1 aliphatic heterocycles. The molecule has 1 amide bonds. The minimum Gasteiger partial charge on any atom is -0.395 e. The molecule has 0 atom stereocenters. The average molecular weight is 332 g/mol. The predicted octanol–water partition coefficient (Wildman–Crippen LogP) is 1.54. The van der Waals surface area contributed by atoms with Crippen LogP contribution in [0.1, 0.15) is 0 Å². The van der Waals surface area contributed by atoms with Crippen molar-refractivity contribution in [2.75, 3.05) is 51.2 Å². The van der Waals surface area contributed by atoms with E-state index in [1.165, 1.54) is 0 Å². The molecule has 1 heterocycles. The van der Waals surface area contributed by atoms with E-state index >= 15 is 0 Å². The summed E-state index contributed by atoms with van der Waals surface area (Å²) >= 11 is 11.8. The molecular weight excluding hydrogens is 313 g/mol. The molecule has 0 aromatic heterocycles. The molecule has 2 rings (SSSR count). The van der Waals surface area contributed by atoms with Gasteiger partial charge in [-0.1, -0.05) is 23.2 Å². The minimum atomic E-state index is -0.0881. The Morgan fingerprint density at radius 1 is 1.19 bits per heavy atom. The van der Waals surface area contributed by atoms with Gasteiger partial charge in [0.05, 0.1) is 23.9 Å². The highest BCUT2D eigenvalue weighted by Gasteiger charge is 2.18. The lowest BCUT2D eigenvalue weighted by Crippen LogP contribution is -2.49. The van der Waals surface area contributed by atoms with Crippen molar-refractivity contribution in [1.82, 2.24) is 9.80 Å². The van der Waals surface area contributed by atoms with Crippen LogP contribution < -0.4 is 5.32 Å². The van der Waals surface area contributed by atoms with Gasteiger partial charge in [0.15, 0.2) is 0 Å². The zero-order valence-corrected chi connectivity index (χ0v) is 13.2. The third-order valence-corrected chi connectivity index (χ3v) is 4.00. The number of halogens is 2. The number of hydrogen-bond acceptors (Lipinski definition) is 4. The zero-order valence-electron chi connectivity index (χ0n) is 11.7. The van der Waals surface area contributed by atoms with Crippen molar-refractivity contribution >= 4 is 34.8 Å². The number of rotatable bonds is 5. The van der Waals surface area contributed by atoms with Crippen molar-refractivity contribution in [2.24, 2.45) is 0 Å². The van der Waals surface area contributed by atoms with E-state index in [1.54, 1.807) is 18.2 Å². The van der Waals surface area contributed by atoms with Crippen molar-refractivity contribution in [3.8, 4) is 0 Å². The molecule has 5 nitrogen and oxygen atoms in total. The molecule has 1 fully saturated rings. The summed E-state index contributed by atoms with van der Waals surface area (Å²) in [4.78, 5) is 16.3. The molecule has 7 heteroatoms. The van der Waals surface area contributed by atoms with E-state index in [4.69, 9.17) is 28.3 Å². The van der Waals surface area contributed by atoms with Crippen LogP contribution in [0, 0.1) is 0 Å². The van der Waals surface area contributed by atoms with E-state index in [-0.39, 0.29) is 12.5 Å². The van der Waals surface area contributed by atoms with Crippen LogP contribution in [-0.4, -0.2) is 66.7 Å². The van der Waals surface area contributed by atoms with Crippen LogP contribution >= 0.6 is 23.2 Å². The maximum atomic E-state index is 12.0. The summed E-state index contributed by atoms with van der Waals surface area (Å²) in [7, 11) is 0. The van der Waals surface area contributed by atoms with Crippen LogP contribution in [0.4, 0.5) is 5.69 Å². The lowest BCUT2D eigenvalue weighted by Gasteiger charge is -2.33. The van der Waals surface area contributed by atoms with E-state index in [2.05, 4.69) is 15.1 Å². The van der Waals surface area contributed by atoms with Gasteiger partial charge in [-0.3, -0.25) is 14.6 Å². The fourth-order valence-corrected chi connectivity index (χ4v) is 2.75. The maximum Gasteiger partial charge on any atom is 0.238 e. The van der Waals surface area contributed by atoms with Crippen LogP contribution in [0.15, 0.2) is 18.2 Å². The number of aliphatic hydroxyl groups is 1. The summed E-state index contributed by atoms with van der Waals surface area (Å²) in [6.07, 6.45) is 0. The van der Waals surface area contributed by atoms with Gasteiger partial charge in [0.25, 0.3) is 0 Å². The molecule has 0 radical (unpaired) electrons. The second-order valence-corrected chi connectivity index (χ2v) is 5.86. The van der Waals surface area contributed by atoms with Crippen LogP contribution in [0.25, 0.3) is 0 Å². The number of carbonyl (C=O) groups is 1. The Kier molecular flexibility index (Phi) is 6.26. The molecule has 21 heavy (non-hydrogen) atoms. The Morgan fingerprint density at radius 2 is 1.86 bits per heavy atom. The number of hydrogen-bond donors (Lipinski definition) is 2. The number of nitrogens with zero attached hydrogens (tertiary/aromatic N) is 2. The second-order valence-electron chi connectivity index (χ2n) is 5.01. The highest BCUT2D eigenvalue weighted by Crippen LogP contribution is 2.25. The third kappa shape index (κ3) is 5.13. The minimum absolute atomic E-state index is 0.0881. The molecule has 0 aliphatic carbocycles. The highest BCUT2D eigenvalue weighted by atomic mass is 35.5. The van der Waals surface area contributed by atoms with Crippen LogP contribution in [0.3, 0.4) is 0 Å². The number of aliphatic hydroxyl groups excluding tert-OH is 1. The van der Waals surface area contributed by atoms with E-state index in [1.807, 2.05) is 0 Å². The third-order valence-electron chi connectivity index (χ3n) is 3.45. The van der Waals surface area contributed by atoms with Crippen LogP contribution in [0.5, 0.6) is 0 Å². The normalized spacial score (nSPS) is 16.9. The summed E-state index contributed by atoms with van der Waals surface area (Å²) in [5.74, 6) is -0.0881. The van der Waals surface area contributed by atoms with E-state index in [9.17, 15) is 4.79 Å².